The van der Waals surface area contributed by atoms with Crippen LogP contribution >= 0.6 is 27.5 Å². The molecule has 92 valence electrons. The smallest absolute Gasteiger partial charge is 0.251 e. The van der Waals surface area contributed by atoms with Gasteiger partial charge in [0.1, 0.15) is 0 Å². The number of carbonyl (C=O) groups excluding carboxylic acids is 1. The third-order valence-electron chi connectivity index (χ3n) is 3.26. The predicted molar refractivity (Wildman–Crippen MR) is 73.5 cm³/mol. The second-order valence-corrected chi connectivity index (χ2v) is 5.66. The molecule has 2 atom stereocenters. The van der Waals surface area contributed by atoms with Crippen molar-refractivity contribution in [3.05, 3.63) is 34.3 Å². The normalized spacial score (nSPS) is 23.6. The quantitative estimate of drug-likeness (QED) is 0.848. The van der Waals surface area contributed by atoms with Gasteiger partial charge in [0.2, 0.25) is 0 Å². The van der Waals surface area contributed by atoms with Crippen LogP contribution in [0.1, 0.15) is 29.6 Å². The van der Waals surface area contributed by atoms with Crippen molar-refractivity contribution in [1.29, 1.82) is 0 Å². The molecule has 1 fully saturated rings. The summed E-state index contributed by atoms with van der Waals surface area (Å²) in [6, 6.07) is 7.67. The highest BCUT2D eigenvalue weighted by atomic mass is 79.9. The first-order chi connectivity index (χ1) is 8.20. The summed E-state index contributed by atoms with van der Waals surface area (Å²) in [5, 5.41) is 3.08. The molecular formula is C13H15BrClNO. The summed E-state index contributed by atoms with van der Waals surface area (Å²) in [6.07, 6.45) is 3.31. The van der Waals surface area contributed by atoms with E-state index in [1.165, 1.54) is 0 Å². The maximum absolute atomic E-state index is 12.0. The van der Waals surface area contributed by atoms with Gasteiger partial charge < -0.3 is 5.32 Å². The van der Waals surface area contributed by atoms with Gasteiger partial charge in [0, 0.05) is 22.0 Å². The van der Waals surface area contributed by atoms with E-state index in [0.717, 1.165) is 23.7 Å². The Morgan fingerprint density at radius 2 is 2.29 bits per heavy atom. The van der Waals surface area contributed by atoms with Gasteiger partial charge in [-0.15, -0.1) is 11.6 Å². The molecule has 1 aliphatic carbocycles. The number of amides is 1. The second kappa shape index (κ2) is 5.87. The fourth-order valence-corrected chi connectivity index (χ4v) is 3.06. The number of hydrogen-bond acceptors (Lipinski definition) is 1. The van der Waals surface area contributed by atoms with Gasteiger partial charge in [0.05, 0.1) is 0 Å². The molecule has 0 saturated heterocycles. The van der Waals surface area contributed by atoms with Crippen LogP contribution in [0.5, 0.6) is 0 Å². The summed E-state index contributed by atoms with van der Waals surface area (Å²) < 4.78 is 0.922. The van der Waals surface area contributed by atoms with E-state index in [4.69, 9.17) is 11.6 Å². The monoisotopic (exact) mass is 315 g/mol. The lowest BCUT2D eigenvalue weighted by molar-refractivity contribution is 0.0930. The number of benzene rings is 1. The number of halogens is 2. The third kappa shape index (κ3) is 3.23. The van der Waals surface area contributed by atoms with Crippen LogP contribution < -0.4 is 5.32 Å². The molecule has 1 saturated carbocycles. The number of hydrogen-bond donors (Lipinski definition) is 1. The topological polar surface area (TPSA) is 29.1 Å². The Kier molecular flexibility index (Phi) is 4.46. The molecule has 0 spiro atoms. The Morgan fingerprint density at radius 1 is 1.47 bits per heavy atom. The minimum atomic E-state index is -0.00619. The van der Waals surface area contributed by atoms with Gasteiger partial charge in [0.15, 0.2) is 0 Å². The lowest BCUT2D eigenvalue weighted by Crippen LogP contribution is -2.37. The Balaban J connectivity index is 2.01. The fraction of sp³-hybridized carbons (Fsp3) is 0.462. The standard InChI is InChI=1S/C13H15BrClNO/c14-11-5-1-3-9(7-11)13(17)16-12-6-2-4-10(12)8-15/h1,3,5,7,10,12H,2,4,6,8H2,(H,16,17). The summed E-state index contributed by atoms with van der Waals surface area (Å²) in [6.45, 7) is 0. The Labute approximate surface area is 115 Å². The predicted octanol–water partition coefficient (Wildman–Crippen LogP) is 3.59. The van der Waals surface area contributed by atoms with Gasteiger partial charge in [-0.3, -0.25) is 4.79 Å². The molecule has 1 aliphatic rings. The van der Waals surface area contributed by atoms with E-state index in [2.05, 4.69) is 21.2 Å². The molecule has 0 radical (unpaired) electrons. The van der Waals surface area contributed by atoms with Crippen molar-refractivity contribution in [2.45, 2.75) is 25.3 Å². The molecule has 1 aromatic rings. The highest BCUT2D eigenvalue weighted by molar-refractivity contribution is 9.10. The molecule has 0 bridgehead atoms. The van der Waals surface area contributed by atoms with E-state index in [0.29, 0.717) is 17.4 Å². The molecule has 2 rings (SSSR count). The van der Waals surface area contributed by atoms with E-state index in [-0.39, 0.29) is 11.9 Å². The van der Waals surface area contributed by atoms with Crippen LogP contribution in [0.3, 0.4) is 0 Å². The molecule has 17 heavy (non-hydrogen) atoms. The average Bonchev–Trinajstić information content (AvgIpc) is 2.76. The number of nitrogens with one attached hydrogen (secondary N) is 1. The second-order valence-electron chi connectivity index (χ2n) is 4.44. The Morgan fingerprint density at radius 3 is 3.00 bits per heavy atom. The zero-order chi connectivity index (χ0) is 12.3. The van der Waals surface area contributed by atoms with Crippen molar-refractivity contribution in [2.24, 2.45) is 5.92 Å². The van der Waals surface area contributed by atoms with Crippen molar-refractivity contribution >= 4 is 33.4 Å². The average molecular weight is 317 g/mol. The lowest BCUT2D eigenvalue weighted by atomic mass is 10.1. The molecule has 0 aliphatic heterocycles. The largest absolute Gasteiger partial charge is 0.349 e. The van der Waals surface area contributed by atoms with Gasteiger partial charge in [-0.1, -0.05) is 28.4 Å². The minimum absolute atomic E-state index is 0.00619. The van der Waals surface area contributed by atoms with Crippen LogP contribution in [0.25, 0.3) is 0 Å². The van der Waals surface area contributed by atoms with Crippen molar-refractivity contribution in [3.8, 4) is 0 Å². The number of alkyl halides is 1. The maximum Gasteiger partial charge on any atom is 0.251 e. The van der Waals surface area contributed by atoms with Gasteiger partial charge in [-0.2, -0.15) is 0 Å². The molecule has 0 heterocycles. The molecule has 0 aromatic heterocycles. The summed E-state index contributed by atoms with van der Waals surface area (Å²) in [7, 11) is 0. The van der Waals surface area contributed by atoms with Gasteiger partial charge in [-0.05, 0) is 37.0 Å². The van der Waals surface area contributed by atoms with Gasteiger partial charge in [-0.25, -0.2) is 0 Å². The third-order valence-corrected chi connectivity index (χ3v) is 4.15. The molecule has 1 aromatic carbocycles. The van der Waals surface area contributed by atoms with Gasteiger partial charge >= 0.3 is 0 Å². The van der Waals surface area contributed by atoms with E-state index >= 15 is 0 Å². The van der Waals surface area contributed by atoms with E-state index in [9.17, 15) is 4.79 Å². The summed E-state index contributed by atoms with van der Waals surface area (Å²) in [5.74, 6) is 1.05. The zero-order valence-corrected chi connectivity index (χ0v) is 11.8. The molecule has 1 amide bonds. The molecule has 2 nitrogen and oxygen atoms in total. The lowest BCUT2D eigenvalue weighted by Gasteiger charge is -2.18. The minimum Gasteiger partial charge on any atom is -0.349 e. The zero-order valence-electron chi connectivity index (χ0n) is 9.46. The number of rotatable bonds is 3. The molecule has 4 heteroatoms. The van der Waals surface area contributed by atoms with Crippen molar-refractivity contribution in [2.75, 3.05) is 5.88 Å². The first kappa shape index (κ1) is 12.9. The summed E-state index contributed by atoms with van der Waals surface area (Å²) >= 11 is 9.27. The fourth-order valence-electron chi connectivity index (χ4n) is 2.29. The van der Waals surface area contributed by atoms with Crippen molar-refractivity contribution in [1.82, 2.24) is 5.32 Å². The highest BCUT2D eigenvalue weighted by Crippen LogP contribution is 2.27. The van der Waals surface area contributed by atoms with Crippen LogP contribution in [-0.2, 0) is 0 Å². The SMILES string of the molecule is O=C(NC1CCCC1CCl)c1cccc(Br)c1. The van der Waals surface area contributed by atoms with E-state index in [1.54, 1.807) is 0 Å². The van der Waals surface area contributed by atoms with E-state index < -0.39 is 0 Å². The van der Waals surface area contributed by atoms with Crippen LogP contribution in [0, 0.1) is 5.92 Å². The van der Waals surface area contributed by atoms with Crippen LogP contribution in [-0.4, -0.2) is 17.8 Å². The first-order valence-electron chi connectivity index (χ1n) is 5.83. The maximum atomic E-state index is 12.0. The highest BCUT2D eigenvalue weighted by Gasteiger charge is 2.27. The molecular weight excluding hydrogens is 302 g/mol. The van der Waals surface area contributed by atoms with E-state index in [1.807, 2.05) is 24.3 Å². The van der Waals surface area contributed by atoms with Crippen LogP contribution in [0.2, 0.25) is 0 Å². The molecule has 1 N–H and O–H groups in total. The summed E-state index contributed by atoms with van der Waals surface area (Å²) in [5.41, 5.74) is 0.694. The van der Waals surface area contributed by atoms with Crippen molar-refractivity contribution in [3.63, 3.8) is 0 Å². The Hall–Kier alpha value is -0.540. The van der Waals surface area contributed by atoms with Crippen LogP contribution in [0.15, 0.2) is 28.7 Å². The summed E-state index contributed by atoms with van der Waals surface area (Å²) in [4.78, 5) is 12.0. The number of carbonyl (C=O) groups is 1. The Bertz CT molecular complexity index is 410. The van der Waals surface area contributed by atoms with Crippen LogP contribution in [0.4, 0.5) is 0 Å². The van der Waals surface area contributed by atoms with Gasteiger partial charge in [0.25, 0.3) is 5.91 Å². The van der Waals surface area contributed by atoms with Crippen molar-refractivity contribution < 1.29 is 4.79 Å². The molecule has 2 unspecified atom stereocenters. The first-order valence-corrected chi connectivity index (χ1v) is 7.16.